The van der Waals surface area contributed by atoms with Gasteiger partial charge in [-0.25, -0.2) is 5.01 Å². The molecule has 6 rings (SSSR count). The van der Waals surface area contributed by atoms with E-state index in [4.69, 9.17) is 9.52 Å². The van der Waals surface area contributed by atoms with Crippen molar-refractivity contribution in [3.8, 4) is 0 Å². The van der Waals surface area contributed by atoms with Crippen molar-refractivity contribution in [2.24, 2.45) is 5.10 Å². The van der Waals surface area contributed by atoms with Crippen LogP contribution in [0.15, 0.2) is 118 Å². The Labute approximate surface area is 220 Å². The van der Waals surface area contributed by atoms with Crippen LogP contribution in [0.25, 0.3) is 6.08 Å². The number of non-ortho nitro benzene ring substituents is 1. The molecular formula is C27H18N4O4S2. The van der Waals surface area contributed by atoms with E-state index in [-0.39, 0.29) is 11.6 Å². The minimum atomic E-state index is -1.07. The van der Waals surface area contributed by atoms with Crippen molar-refractivity contribution in [1.82, 2.24) is 0 Å². The second kappa shape index (κ2) is 9.30. The van der Waals surface area contributed by atoms with E-state index in [9.17, 15) is 14.9 Å². The molecule has 1 spiro atoms. The van der Waals surface area contributed by atoms with Gasteiger partial charge >= 0.3 is 0 Å². The van der Waals surface area contributed by atoms with Crippen molar-refractivity contribution < 1.29 is 14.1 Å². The van der Waals surface area contributed by atoms with E-state index in [1.165, 1.54) is 35.7 Å². The molecule has 1 unspecified atom stereocenters. The van der Waals surface area contributed by atoms with E-state index in [1.807, 2.05) is 72.8 Å². The Morgan fingerprint density at radius 2 is 1.57 bits per heavy atom. The van der Waals surface area contributed by atoms with Crippen molar-refractivity contribution in [2.75, 3.05) is 9.91 Å². The van der Waals surface area contributed by atoms with Crippen molar-refractivity contribution in [2.45, 2.75) is 4.33 Å². The van der Waals surface area contributed by atoms with E-state index in [1.54, 1.807) is 34.4 Å². The smallest absolute Gasteiger partial charge is 0.269 e. The average Bonchev–Trinajstić information content (AvgIpc) is 3.64. The largest absolute Gasteiger partial charge is 0.462 e. The van der Waals surface area contributed by atoms with Crippen LogP contribution in [0.2, 0.25) is 0 Å². The molecule has 0 N–H and O–H groups in total. The number of furan rings is 1. The molecule has 4 aromatic rings. The second-order valence-corrected chi connectivity index (χ2v) is 10.7. The molecule has 0 saturated carbocycles. The third kappa shape index (κ3) is 4.09. The Hall–Kier alpha value is -4.28. The summed E-state index contributed by atoms with van der Waals surface area (Å²) in [6.45, 7) is 0. The number of nitro benzene ring substituents is 1. The molecular weight excluding hydrogens is 508 g/mol. The molecule has 3 aromatic carbocycles. The number of thioether (sulfide) groups is 2. The number of para-hydroxylation sites is 1. The van der Waals surface area contributed by atoms with Gasteiger partial charge in [0.15, 0.2) is 10.8 Å². The van der Waals surface area contributed by atoms with Gasteiger partial charge in [0.25, 0.3) is 11.6 Å². The van der Waals surface area contributed by atoms with Gasteiger partial charge in [-0.05, 0) is 59.8 Å². The summed E-state index contributed by atoms with van der Waals surface area (Å²) in [4.78, 5) is 27.1. The number of amides is 1. The number of hydrogen-bond donors (Lipinski definition) is 0. The van der Waals surface area contributed by atoms with E-state index in [2.05, 4.69) is 0 Å². The van der Waals surface area contributed by atoms with Crippen LogP contribution in [-0.4, -0.2) is 20.2 Å². The van der Waals surface area contributed by atoms with Crippen LogP contribution in [0.3, 0.4) is 0 Å². The maximum absolute atomic E-state index is 14.0. The van der Waals surface area contributed by atoms with Crippen molar-refractivity contribution in [3.05, 3.63) is 130 Å². The first-order valence-electron chi connectivity index (χ1n) is 11.3. The number of hydrazone groups is 1. The maximum atomic E-state index is 14.0. The monoisotopic (exact) mass is 526 g/mol. The number of nitro groups is 1. The molecule has 8 nitrogen and oxygen atoms in total. The summed E-state index contributed by atoms with van der Waals surface area (Å²) in [5, 5.41) is 18.5. The number of nitrogens with zero attached hydrogens (tertiary/aromatic N) is 4. The highest BCUT2D eigenvalue weighted by Gasteiger charge is 2.59. The fourth-order valence-corrected chi connectivity index (χ4v) is 7.05. The Morgan fingerprint density at radius 1 is 0.865 bits per heavy atom. The first kappa shape index (κ1) is 23.1. The lowest BCUT2D eigenvalue weighted by Crippen LogP contribution is -2.51. The van der Waals surface area contributed by atoms with Gasteiger partial charge in [-0.2, -0.15) is 5.10 Å². The molecule has 2 aliphatic rings. The minimum absolute atomic E-state index is 0.0281. The third-order valence-corrected chi connectivity index (χ3v) is 8.51. The van der Waals surface area contributed by atoms with Crippen molar-refractivity contribution in [3.63, 3.8) is 0 Å². The number of benzene rings is 3. The quantitative estimate of drug-likeness (QED) is 0.166. The lowest BCUT2D eigenvalue weighted by molar-refractivity contribution is -0.384. The highest BCUT2D eigenvalue weighted by molar-refractivity contribution is 8.28. The molecule has 10 heteroatoms. The molecule has 182 valence electrons. The lowest BCUT2D eigenvalue weighted by atomic mass is 10.2. The fraction of sp³-hybridized carbons (Fsp3) is 0.0370. The Balaban J connectivity index is 1.52. The first-order valence-corrected chi connectivity index (χ1v) is 12.9. The summed E-state index contributed by atoms with van der Waals surface area (Å²) < 4.78 is 4.58. The normalized spacial score (nSPS) is 20.2. The Kier molecular flexibility index (Phi) is 5.82. The third-order valence-electron chi connectivity index (χ3n) is 5.78. The standard InChI is InChI=1S/C27H18N4O4S2/c32-26-24(18-19-8-3-1-4-9-19)36-27(29(26)20-10-5-2-6-11-20)30(21-13-15-22(16-14-21)31(33)34)28-25(37-27)23-12-7-17-35-23/h1-18H. The molecule has 1 fully saturated rings. The Bertz CT molecular complexity index is 1520. The molecule has 1 amide bonds. The first-order chi connectivity index (χ1) is 18.0. The van der Waals surface area contributed by atoms with Crippen LogP contribution < -0.4 is 9.91 Å². The van der Waals surface area contributed by atoms with Gasteiger partial charge < -0.3 is 4.42 Å². The zero-order valence-electron chi connectivity index (χ0n) is 19.1. The van der Waals surface area contributed by atoms with Crippen molar-refractivity contribution in [1.29, 1.82) is 0 Å². The summed E-state index contributed by atoms with van der Waals surface area (Å²) in [5.74, 6) is 0.394. The minimum Gasteiger partial charge on any atom is -0.462 e. The molecule has 37 heavy (non-hydrogen) atoms. The van der Waals surface area contributed by atoms with Crippen LogP contribution in [0, 0.1) is 10.1 Å². The SMILES string of the molecule is O=C1C(=Cc2ccccc2)SC2(SC(c3ccco3)=NN2c2ccc([N+](=O)[O-])cc2)N1c1ccccc1. The van der Waals surface area contributed by atoms with E-state index in [0.717, 1.165) is 5.56 Å². The van der Waals surface area contributed by atoms with Gasteiger partial charge in [0.1, 0.15) is 0 Å². The zero-order chi connectivity index (χ0) is 25.4. The molecule has 1 aromatic heterocycles. The van der Waals surface area contributed by atoms with E-state index >= 15 is 0 Å². The van der Waals surface area contributed by atoms with Crippen LogP contribution >= 0.6 is 23.5 Å². The zero-order valence-corrected chi connectivity index (χ0v) is 20.8. The van der Waals surface area contributed by atoms with Gasteiger partial charge in [-0.3, -0.25) is 19.8 Å². The lowest BCUT2D eigenvalue weighted by Gasteiger charge is -2.38. The Morgan fingerprint density at radius 3 is 2.22 bits per heavy atom. The van der Waals surface area contributed by atoms with Gasteiger partial charge in [-0.15, -0.1) is 0 Å². The van der Waals surface area contributed by atoms with Crippen molar-refractivity contribution >= 4 is 57.6 Å². The van der Waals surface area contributed by atoms with Gasteiger partial charge in [0, 0.05) is 17.8 Å². The van der Waals surface area contributed by atoms with E-state index < -0.39 is 9.25 Å². The molecule has 0 radical (unpaired) electrons. The summed E-state index contributed by atoms with van der Waals surface area (Å²) in [6, 6.07) is 28.8. The van der Waals surface area contributed by atoms with Gasteiger partial charge in [0.05, 0.1) is 21.8 Å². The number of rotatable bonds is 5. The van der Waals surface area contributed by atoms with Gasteiger partial charge in [0.2, 0.25) is 4.33 Å². The highest BCUT2D eigenvalue weighted by Crippen LogP contribution is 2.59. The average molecular weight is 527 g/mol. The van der Waals surface area contributed by atoms with Crippen LogP contribution in [-0.2, 0) is 4.79 Å². The molecule has 1 atom stereocenters. The predicted octanol–water partition coefficient (Wildman–Crippen LogP) is 6.54. The van der Waals surface area contributed by atoms with Crippen LogP contribution in [0.5, 0.6) is 0 Å². The topological polar surface area (TPSA) is 92.2 Å². The number of carbonyl (C=O) groups is 1. The van der Waals surface area contributed by atoms with Crippen LogP contribution in [0.1, 0.15) is 11.3 Å². The summed E-state index contributed by atoms with van der Waals surface area (Å²) in [5.41, 5.74) is 2.17. The number of carbonyl (C=O) groups excluding carboxylic acids is 1. The summed E-state index contributed by atoms with van der Waals surface area (Å²) in [7, 11) is 0. The molecule has 0 aliphatic carbocycles. The molecule has 1 saturated heterocycles. The fourth-order valence-electron chi connectivity index (χ4n) is 4.10. The molecule has 2 aliphatic heterocycles. The number of anilines is 2. The van der Waals surface area contributed by atoms with E-state index in [0.29, 0.717) is 27.1 Å². The number of hydrogen-bond acceptors (Lipinski definition) is 8. The summed E-state index contributed by atoms with van der Waals surface area (Å²) in [6.07, 6.45) is 3.44. The summed E-state index contributed by atoms with van der Waals surface area (Å²) >= 11 is 2.77. The second-order valence-electron chi connectivity index (χ2n) is 8.12. The molecule has 0 bridgehead atoms. The predicted molar refractivity (Wildman–Crippen MR) is 147 cm³/mol. The molecule has 3 heterocycles. The highest BCUT2D eigenvalue weighted by atomic mass is 32.2. The van der Waals surface area contributed by atoms with Crippen LogP contribution in [0.4, 0.5) is 17.1 Å². The van der Waals surface area contributed by atoms with Gasteiger partial charge in [-0.1, -0.05) is 60.3 Å². The maximum Gasteiger partial charge on any atom is 0.269 e.